The summed E-state index contributed by atoms with van der Waals surface area (Å²) < 4.78 is 46.7. The van der Waals surface area contributed by atoms with E-state index in [0.29, 0.717) is 13.1 Å². The van der Waals surface area contributed by atoms with Gasteiger partial charge in [-0.15, -0.1) is 0 Å². The van der Waals surface area contributed by atoms with Crippen LogP contribution in [0, 0.1) is 5.82 Å². The Balaban J connectivity index is 1.52. The van der Waals surface area contributed by atoms with Gasteiger partial charge in [-0.25, -0.2) is 9.18 Å². The number of fused-ring (bicyclic) bond motifs is 1. The third kappa shape index (κ3) is 3.60. The number of ether oxygens (including phenoxy) is 1. The maximum atomic E-state index is 14.5. The van der Waals surface area contributed by atoms with Crippen LogP contribution in [-0.2, 0) is 19.7 Å². The monoisotopic (exact) mass is 452 g/mol. The van der Waals surface area contributed by atoms with Crippen molar-refractivity contribution in [3.63, 3.8) is 0 Å². The summed E-state index contributed by atoms with van der Waals surface area (Å²) in [6.45, 7) is 1.23. The molecule has 12 heteroatoms. The van der Waals surface area contributed by atoms with Crippen LogP contribution in [0.25, 0.3) is 10.9 Å². The Morgan fingerprint density at radius 2 is 1.65 bits per heavy atom. The van der Waals surface area contributed by atoms with Gasteiger partial charge in [0.1, 0.15) is 5.82 Å². The van der Waals surface area contributed by atoms with Crippen LogP contribution >= 0.6 is 0 Å². The molecule has 0 spiro atoms. The molecule has 4 rings (SSSR count). The van der Waals surface area contributed by atoms with Crippen LogP contribution in [-0.4, -0.2) is 91.0 Å². The number of hydrogen-bond donors (Lipinski definition) is 1. The molecule has 2 aliphatic heterocycles. The number of aromatic nitrogens is 1. The molecule has 2 fully saturated rings. The average molecular weight is 452 g/mol. The fourth-order valence-corrected chi connectivity index (χ4v) is 5.40. The van der Waals surface area contributed by atoms with Crippen LogP contribution in [0.5, 0.6) is 0 Å². The minimum Gasteiger partial charge on any atom is -0.465 e. The number of halogens is 1. The van der Waals surface area contributed by atoms with Crippen molar-refractivity contribution >= 4 is 38.8 Å². The van der Waals surface area contributed by atoms with E-state index in [1.807, 2.05) is 0 Å². The molecule has 1 N–H and O–H groups in total. The number of esters is 1. The SMILES string of the molecule is COC(=O)c1ccc(F)c2c(C(=O)C(=O)N3CCN(S(=O)(=O)N4CCC4)CC3)c[nH]c12. The molecule has 2 aliphatic rings. The Hall–Kier alpha value is -2.83. The second-order valence-corrected chi connectivity index (χ2v) is 9.25. The van der Waals surface area contributed by atoms with E-state index in [1.54, 1.807) is 0 Å². The number of ketones is 1. The van der Waals surface area contributed by atoms with Gasteiger partial charge >= 0.3 is 5.97 Å². The summed E-state index contributed by atoms with van der Waals surface area (Å²) in [4.78, 5) is 41.4. The Labute approximate surface area is 177 Å². The molecule has 2 saturated heterocycles. The van der Waals surface area contributed by atoms with Crippen molar-refractivity contribution in [3.05, 3.63) is 35.3 Å². The third-order valence-corrected chi connectivity index (χ3v) is 7.66. The van der Waals surface area contributed by atoms with E-state index in [-0.39, 0.29) is 48.2 Å². The van der Waals surface area contributed by atoms with Crippen LogP contribution in [0.4, 0.5) is 4.39 Å². The molecule has 0 unspecified atom stereocenters. The van der Waals surface area contributed by atoms with Gasteiger partial charge in [-0.05, 0) is 18.6 Å². The molecule has 2 aromatic rings. The highest BCUT2D eigenvalue weighted by atomic mass is 32.2. The van der Waals surface area contributed by atoms with Crippen LogP contribution in [0.15, 0.2) is 18.3 Å². The molecule has 0 atom stereocenters. The van der Waals surface area contributed by atoms with Crippen LogP contribution in [0.1, 0.15) is 27.1 Å². The summed E-state index contributed by atoms with van der Waals surface area (Å²) in [5.74, 6) is -3.27. The topological polar surface area (TPSA) is 120 Å². The van der Waals surface area contributed by atoms with E-state index < -0.39 is 33.7 Å². The number of Topliss-reactive ketones (excluding diaryl/α,β-unsaturated/α-hetero) is 1. The Morgan fingerprint density at radius 1 is 1.00 bits per heavy atom. The lowest BCUT2D eigenvalue weighted by atomic mass is 10.0. The second kappa shape index (κ2) is 8.02. The van der Waals surface area contributed by atoms with Gasteiger partial charge in [-0.3, -0.25) is 9.59 Å². The highest BCUT2D eigenvalue weighted by molar-refractivity contribution is 7.86. The van der Waals surface area contributed by atoms with Crippen molar-refractivity contribution in [3.8, 4) is 0 Å². The normalized spacial score (nSPS) is 18.1. The lowest BCUT2D eigenvalue weighted by molar-refractivity contribution is -0.127. The quantitative estimate of drug-likeness (QED) is 0.398. The number of methoxy groups -OCH3 is 1. The molecule has 0 bridgehead atoms. The van der Waals surface area contributed by atoms with Gasteiger partial charge in [0, 0.05) is 50.9 Å². The molecule has 1 amide bonds. The summed E-state index contributed by atoms with van der Waals surface area (Å²) in [6, 6.07) is 2.26. The molecule has 31 heavy (non-hydrogen) atoms. The molecule has 0 aliphatic carbocycles. The summed E-state index contributed by atoms with van der Waals surface area (Å²) in [5.41, 5.74) is -0.0949. The fourth-order valence-electron chi connectivity index (χ4n) is 3.73. The molecule has 1 aromatic heterocycles. The number of hydrogen-bond acceptors (Lipinski definition) is 6. The zero-order valence-corrected chi connectivity index (χ0v) is 17.6. The molecule has 166 valence electrons. The van der Waals surface area contributed by atoms with Crippen molar-refractivity contribution in [1.29, 1.82) is 0 Å². The van der Waals surface area contributed by atoms with E-state index in [0.717, 1.165) is 12.5 Å². The predicted molar refractivity (Wildman–Crippen MR) is 107 cm³/mol. The first kappa shape index (κ1) is 21.4. The number of carbonyl (C=O) groups is 3. The summed E-state index contributed by atoms with van der Waals surface area (Å²) >= 11 is 0. The highest BCUT2D eigenvalue weighted by Gasteiger charge is 2.37. The largest absolute Gasteiger partial charge is 0.465 e. The molecule has 0 radical (unpaired) electrons. The van der Waals surface area contributed by atoms with E-state index in [1.165, 1.54) is 32.9 Å². The average Bonchev–Trinajstić information content (AvgIpc) is 3.17. The van der Waals surface area contributed by atoms with E-state index in [4.69, 9.17) is 0 Å². The van der Waals surface area contributed by atoms with Gasteiger partial charge in [0.25, 0.3) is 21.9 Å². The second-order valence-electron chi connectivity index (χ2n) is 7.32. The highest BCUT2D eigenvalue weighted by Crippen LogP contribution is 2.27. The van der Waals surface area contributed by atoms with Gasteiger partial charge in [-0.1, -0.05) is 0 Å². The van der Waals surface area contributed by atoms with Crippen LogP contribution < -0.4 is 0 Å². The number of H-pyrrole nitrogens is 1. The minimum absolute atomic E-state index is 0.0372. The van der Waals surface area contributed by atoms with Gasteiger partial charge in [0.15, 0.2) is 0 Å². The first-order valence-electron chi connectivity index (χ1n) is 9.72. The van der Waals surface area contributed by atoms with E-state index in [9.17, 15) is 27.2 Å². The van der Waals surface area contributed by atoms with Crippen molar-refractivity contribution in [2.45, 2.75) is 6.42 Å². The van der Waals surface area contributed by atoms with Gasteiger partial charge < -0.3 is 14.6 Å². The van der Waals surface area contributed by atoms with Crippen LogP contribution in [0.3, 0.4) is 0 Å². The van der Waals surface area contributed by atoms with Crippen molar-refractivity contribution < 1.29 is 31.9 Å². The number of piperazine rings is 1. The van der Waals surface area contributed by atoms with Crippen molar-refractivity contribution in [2.24, 2.45) is 0 Å². The molecule has 0 saturated carbocycles. The zero-order valence-electron chi connectivity index (χ0n) is 16.8. The molecular formula is C19H21FN4O6S. The smallest absolute Gasteiger partial charge is 0.339 e. The molecule has 3 heterocycles. The molecule has 10 nitrogen and oxygen atoms in total. The zero-order chi connectivity index (χ0) is 22.3. The van der Waals surface area contributed by atoms with E-state index in [2.05, 4.69) is 9.72 Å². The lowest BCUT2D eigenvalue weighted by Crippen LogP contribution is -2.57. The summed E-state index contributed by atoms with van der Waals surface area (Å²) in [6.07, 6.45) is 2.01. The number of rotatable bonds is 5. The Kier molecular flexibility index (Phi) is 5.54. The van der Waals surface area contributed by atoms with Crippen LogP contribution in [0.2, 0.25) is 0 Å². The third-order valence-electron chi connectivity index (χ3n) is 5.62. The number of amides is 1. The Bertz CT molecular complexity index is 1170. The summed E-state index contributed by atoms with van der Waals surface area (Å²) in [7, 11) is -2.36. The van der Waals surface area contributed by atoms with E-state index >= 15 is 0 Å². The van der Waals surface area contributed by atoms with Gasteiger partial charge in [-0.2, -0.15) is 17.0 Å². The summed E-state index contributed by atoms with van der Waals surface area (Å²) in [5, 5.41) is -0.166. The minimum atomic E-state index is -3.54. The first-order valence-corrected chi connectivity index (χ1v) is 11.1. The number of benzene rings is 1. The number of aromatic amines is 1. The number of carbonyl (C=O) groups excluding carboxylic acids is 3. The lowest BCUT2D eigenvalue weighted by Gasteiger charge is -2.39. The fraction of sp³-hybridized carbons (Fsp3) is 0.421. The van der Waals surface area contributed by atoms with Crippen molar-refractivity contribution in [2.75, 3.05) is 46.4 Å². The maximum Gasteiger partial charge on any atom is 0.339 e. The standard InChI is InChI=1S/C19H21FN4O6S/c1-30-19(27)12-3-4-14(20)15-13(11-21-16(12)15)17(25)18(26)22-7-9-24(10-8-22)31(28,29)23-5-2-6-23/h3-4,11,21H,2,5-10H2,1H3. The predicted octanol–water partition coefficient (Wildman–Crippen LogP) is 0.371. The molecule has 1 aromatic carbocycles. The number of nitrogens with one attached hydrogen (secondary N) is 1. The van der Waals surface area contributed by atoms with Gasteiger partial charge in [0.05, 0.1) is 23.8 Å². The van der Waals surface area contributed by atoms with Crippen molar-refractivity contribution in [1.82, 2.24) is 18.5 Å². The maximum absolute atomic E-state index is 14.5. The van der Waals surface area contributed by atoms with Gasteiger partial charge in [0.2, 0.25) is 0 Å². The Morgan fingerprint density at radius 3 is 2.23 bits per heavy atom. The first-order chi connectivity index (χ1) is 14.8. The number of nitrogens with zero attached hydrogens (tertiary/aromatic N) is 3. The molecular weight excluding hydrogens is 431 g/mol.